The quantitative estimate of drug-likeness (QED) is 0.493. The van der Waals surface area contributed by atoms with Gasteiger partial charge in [0, 0.05) is 23.7 Å². The summed E-state index contributed by atoms with van der Waals surface area (Å²) >= 11 is 0. The Morgan fingerprint density at radius 2 is 1.97 bits per heavy atom. The maximum atomic E-state index is 12.9. The lowest BCUT2D eigenvalue weighted by atomic mass is 9.84. The molecule has 0 unspecified atom stereocenters. The predicted octanol–water partition coefficient (Wildman–Crippen LogP) is 2.41. The topological polar surface area (TPSA) is 123 Å². The number of anilines is 1. The molecule has 1 fully saturated rings. The van der Waals surface area contributed by atoms with Gasteiger partial charge in [-0.15, -0.1) is 0 Å². The maximum Gasteiger partial charge on any atom is 0.261 e. The number of ether oxygens (including phenoxy) is 3. The molecule has 9 nitrogen and oxygen atoms in total. The number of hydrogen-bond acceptors (Lipinski definition) is 7. The number of fused-ring (bicyclic) bond motifs is 3. The summed E-state index contributed by atoms with van der Waals surface area (Å²) in [5.74, 6) is 0.966. The Kier molecular flexibility index (Phi) is 7.30. The highest BCUT2D eigenvalue weighted by Gasteiger charge is 2.46. The van der Waals surface area contributed by atoms with Crippen molar-refractivity contribution < 1.29 is 32.5 Å². The van der Waals surface area contributed by atoms with Crippen molar-refractivity contribution in [3.63, 3.8) is 0 Å². The molecule has 184 valence electrons. The average molecular weight is 491 g/mol. The molecule has 4 atom stereocenters. The van der Waals surface area contributed by atoms with E-state index < -0.39 is 22.2 Å². The first kappa shape index (κ1) is 24.3. The van der Waals surface area contributed by atoms with Crippen LogP contribution in [0.3, 0.4) is 0 Å². The van der Waals surface area contributed by atoms with E-state index in [1.165, 1.54) is 19.2 Å². The van der Waals surface area contributed by atoms with E-state index in [0.29, 0.717) is 30.2 Å². The maximum absolute atomic E-state index is 12.9. The molecule has 2 aromatic rings. The third-order valence-electron chi connectivity index (χ3n) is 6.11. The zero-order valence-corrected chi connectivity index (χ0v) is 20.0. The summed E-state index contributed by atoms with van der Waals surface area (Å²) in [5, 5.41) is 12.7. The van der Waals surface area contributed by atoms with Crippen molar-refractivity contribution in [2.24, 2.45) is 0 Å². The standard InChI is InChI=1S/C24H30N2O7S/c1-3-10-25-23(28)13-17-12-20-19-11-15(4-9-21(19)33-24(20)22(14-27)32-17)26-34(29,30)18-7-5-16(31-2)6-8-18/h4-9,11,17,20,22,24,26-27H,3,10,12-14H2,1-2H3,(H,25,28)/t17-,20+,22-,24-/m1/s1. The van der Waals surface area contributed by atoms with Gasteiger partial charge in [0.2, 0.25) is 5.91 Å². The second kappa shape index (κ2) is 10.2. The molecule has 0 radical (unpaired) electrons. The summed E-state index contributed by atoms with van der Waals surface area (Å²) in [5.41, 5.74) is 1.24. The van der Waals surface area contributed by atoms with Gasteiger partial charge in [-0.05, 0) is 55.3 Å². The van der Waals surface area contributed by atoms with Crippen molar-refractivity contribution in [3.05, 3.63) is 48.0 Å². The number of carbonyl (C=O) groups excluding carboxylic acids is 1. The number of carbonyl (C=O) groups is 1. The van der Waals surface area contributed by atoms with Crippen molar-refractivity contribution in [2.75, 3.05) is 25.0 Å². The molecule has 4 rings (SSSR count). The highest BCUT2D eigenvalue weighted by atomic mass is 32.2. The lowest BCUT2D eigenvalue weighted by Crippen LogP contribution is -2.47. The van der Waals surface area contributed by atoms with Crippen molar-refractivity contribution >= 4 is 21.6 Å². The van der Waals surface area contributed by atoms with Gasteiger partial charge < -0.3 is 24.6 Å². The normalized spacial score (nSPS) is 23.4. The van der Waals surface area contributed by atoms with Gasteiger partial charge in [0.05, 0.1) is 31.1 Å². The number of rotatable bonds is 9. The van der Waals surface area contributed by atoms with E-state index in [1.807, 2.05) is 6.92 Å². The van der Waals surface area contributed by atoms with Crippen molar-refractivity contribution in [2.45, 2.75) is 55.3 Å². The lowest BCUT2D eigenvalue weighted by molar-refractivity contribution is -0.142. The van der Waals surface area contributed by atoms with Gasteiger partial charge >= 0.3 is 0 Å². The Labute approximate surface area is 199 Å². The molecule has 34 heavy (non-hydrogen) atoms. The van der Waals surface area contributed by atoms with Crippen LogP contribution in [0.1, 0.15) is 37.7 Å². The molecule has 0 aromatic heterocycles. The molecule has 3 N–H and O–H groups in total. The van der Waals surface area contributed by atoms with E-state index in [0.717, 1.165) is 12.0 Å². The molecule has 2 aliphatic rings. The van der Waals surface area contributed by atoms with Crippen LogP contribution in [0.5, 0.6) is 11.5 Å². The fourth-order valence-electron chi connectivity index (χ4n) is 4.46. The van der Waals surface area contributed by atoms with Crippen molar-refractivity contribution in [1.82, 2.24) is 5.32 Å². The third-order valence-corrected chi connectivity index (χ3v) is 7.50. The summed E-state index contributed by atoms with van der Waals surface area (Å²) in [6.07, 6.45) is 0.223. The highest BCUT2D eigenvalue weighted by molar-refractivity contribution is 7.92. The van der Waals surface area contributed by atoms with Crippen LogP contribution in [-0.4, -0.2) is 58.0 Å². The van der Waals surface area contributed by atoms with Crippen molar-refractivity contribution in [1.29, 1.82) is 0 Å². The minimum atomic E-state index is -3.80. The van der Waals surface area contributed by atoms with Gasteiger partial charge in [-0.3, -0.25) is 9.52 Å². The molecule has 2 heterocycles. The number of aliphatic hydroxyl groups excluding tert-OH is 1. The minimum absolute atomic E-state index is 0.0952. The number of hydrogen-bond donors (Lipinski definition) is 3. The van der Waals surface area contributed by atoms with Crippen LogP contribution in [0.25, 0.3) is 0 Å². The van der Waals surface area contributed by atoms with Crippen molar-refractivity contribution in [3.8, 4) is 11.5 Å². The molecule has 1 saturated heterocycles. The van der Waals surface area contributed by atoms with Gasteiger partial charge in [0.15, 0.2) is 0 Å². The molecule has 2 aromatic carbocycles. The number of methoxy groups -OCH3 is 1. The third kappa shape index (κ3) is 5.13. The Morgan fingerprint density at radius 1 is 1.21 bits per heavy atom. The second-order valence-electron chi connectivity index (χ2n) is 8.49. The molecular formula is C24H30N2O7S. The van der Waals surface area contributed by atoms with E-state index in [1.54, 1.807) is 30.3 Å². The van der Waals surface area contributed by atoms with Crippen LogP contribution in [0.2, 0.25) is 0 Å². The Bertz CT molecular complexity index is 1120. The van der Waals surface area contributed by atoms with Crippen LogP contribution in [0, 0.1) is 0 Å². The van der Waals surface area contributed by atoms with Gasteiger partial charge in [-0.2, -0.15) is 0 Å². The van der Waals surface area contributed by atoms with Gasteiger partial charge in [0.1, 0.15) is 23.7 Å². The van der Waals surface area contributed by atoms with Gasteiger partial charge in [-0.1, -0.05) is 6.92 Å². The molecule has 0 saturated carbocycles. The molecular weight excluding hydrogens is 460 g/mol. The van der Waals surface area contributed by atoms with Gasteiger partial charge in [0.25, 0.3) is 10.0 Å². The highest BCUT2D eigenvalue weighted by Crippen LogP contribution is 2.47. The van der Waals surface area contributed by atoms with Crippen LogP contribution in [0.15, 0.2) is 47.4 Å². The smallest absolute Gasteiger partial charge is 0.261 e. The van der Waals surface area contributed by atoms with Crippen LogP contribution in [0.4, 0.5) is 5.69 Å². The van der Waals surface area contributed by atoms with E-state index >= 15 is 0 Å². The van der Waals surface area contributed by atoms with Crippen LogP contribution < -0.4 is 19.5 Å². The predicted molar refractivity (Wildman–Crippen MR) is 126 cm³/mol. The number of sulfonamides is 1. The van der Waals surface area contributed by atoms with Gasteiger partial charge in [-0.25, -0.2) is 8.42 Å². The Hall–Kier alpha value is -2.82. The number of amides is 1. The van der Waals surface area contributed by atoms with E-state index in [-0.39, 0.29) is 35.9 Å². The fourth-order valence-corrected chi connectivity index (χ4v) is 5.51. The minimum Gasteiger partial charge on any atom is -0.497 e. The van der Waals surface area contributed by atoms with E-state index in [9.17, 15) is 18.3 Å². The zero-order valence-electron chi connectivity index (χ0n) is 19.2. The number of nitrogens with one attached hydrogen (secondary N) is 2. The largest absolute Gasteiger partial charge is 0.497 e. The first-order valence-electron chi connectivity index (χ1n) is 11.3. The summed E-state index contributed by atoms with van der Waals surface area (Å²) in [7, 11) is -2.28. The zero-order chi connectivity index (χ0) is 24.3. The monoisotopic (exact) mass is 490 g/mol. The molecule has 10 heteroatoms. The summed E-state index contributed by atoms with van der Waals surface area (Å²) in [6, 6.07) is 11.2. The summed E-state index contributed by atoms with van der Waals surface area (Å²) < 4.78 is 45.4. The second-order valence-corrected chi connectivity index (χ2v) is 10.2. The van der Waals surface area contributed by atoms with Crippen LogP contribution >= 0.6 is 0 Å². The van der Waals surface area contributed by atoms with E-state index in [2.05, 4.69) is 10.0 Å². The summed E-state index contributed by atoms with van der Waals surface area (Å²) in [6.45, 7) is 2.35. The molecule has 0 spiro atoms. The molecule has 1 amide bonds. The number of aliphatic hydroxyl groups is 1. The SMILES string of the molecule is CCCNC(=O)C[C@H]1C[C@H]2c3cc(NS(=O)(=O)c4ccc(OC)cc4)ccc3O[C@H]2[C@@H](CO)O1. The fraction of sp³-hybridized carbons (Fsp3) is 0.458. The lowest BCUT2D eigenvalue weighted by Gasteiger charge is -2.37. The first-order chi connectivity index (χ1) is 16.3. The molecule has 0 bridgehead atoms. The molecule has 0 aliphatic carbocycles. The van der Waals surface area contributed by atoms with Crippen LogP contribution in [-0.2, 0) is 19.6 Å². The number of benzene rings is 2. The first-order valence-corrected chi connectivity index (χ1v) is 12.8. The average Bonchev–Trinajstić information content (AvgIpc) is 3.20. The summed E-state index contributed by atoms with van der Waals surface area (Å²) in [4.78, 5) is 12.3. The Balaban J connectivity index is 1.53. The molecule has 2 aliphatic heterocycles. The Morgan fingerprint density at radius 3 is 2.65 bits per heavy atom. The van der Waals surface area contributed by atoms with E-state index in [4.69, 9.17) is 14.2 Å².